The second-order valence-corrected chi connectivity index (χ2v) is 5.97. The average molecular weight is 302 g/mol. The molecule has 0 bridgehead atoms. The normalized spacial score (nSPS) is 15.1. The molecule has 3 N–H and O–H groups in total. The SMILES string of the molecule is CC(CC(C)(CCCCCCCC(=O)O)C(=O)O)C(=O)O. The molecule has 0 fully saturated rings. The molecule has 0 saturated carbocycles. The molecule has 2 atom stereocenters. The summed E-state index contributed by atoms with van der Waals surface area (Å²) in [5.74, 6) is -3.41. The Morgan fingerprint density at radius 1 is 0.952 bits per heavy atom. The summed E-state index contributed by atoms with van der Waals surface area (Å²) in [6.07, 6.45) is 4.62. The molecule has 0 rings (SSSR count). The maximum atomic E-state index is 11.4. The number of carboxylic acid groups (broad SMARTS) is 3. The summed E-state index contributed by atoms with van der Waals surface area (Å²) in [7, 11) is 0. The Hall–Kier alpha value is -1.59. The molecule has 2 unspecified atom stereocenters. The lowest BCUT2D eigenvalue weighted by atomic mass is 9.77. The van der Waals surface area contributed by atoms with Crippen LogP contribution in [-0.4, -0.2) is 33.2 Å². The highest BCUT2D eigenvalue weighted by atomic mass is 16.4. The standard InChI is InChI=1S/C15H26O6/c1-11(13(18)19)10-15(2,14(20)21)9-7-5-3-4-6-8-12(16)17/h11H,3-10H2,1-2H3,(H,16,17)(H,18,19)(H,20,21). The zero-order chi connectivity index (χ0) is 16.5. The molecule has 0 aromatic carbocycles. The van der Waals surface area contributed by atoms with E-state index in [1.807, 2.05) is 0 Å². The largest absolute Gasteiger partial charge is 0.481 e. The van der Waals surface area contributed by atoms with Gasteiger partial charge in [0.15, 0.2) is 0 Å². The van der Waals surface area contributed by atoms with Gasteiger partial charge in [0.2, 0.25) is 0 Å². The summed E-state index contributed by atoms with van der Waals surface area (Å²) in [5, 5.41) is 26.7. The summed E-state index contributed by atoms with van der Waals surface area (Å²) >= 11 is 0. The Labute approximate surface area is 125 Å². The zero-order valence-electron chi connectivity index (χ0n) is 12.8. The number of carbonyl (C=O) groups is 3. The fourth-order valence-corrected chi connectivity index (χ4v) is 2.38. The van der Waals surface area contributed by atoms with Gasteiger partial charge in [0.05, 0.1) is 11.3 Å². The van der Waals surface area contributed by atoms with Crippen molar-refractivity contribution in [3.63, 3.8) is 0 Å². The first-order valence-electron chi connectivity index (χ1n) is 7.37. The molecular weight excluding hydrogens is 276 g/mol. The lowest BCUT2D eigenvalue weighted by Crippen LogP contribution is -2.31. The minimum absolute atomic E-state index is 0.122. The Kier molecular flexibility index (Phi) is 8.66. The topological polar surface area (TPSA) is 112 Å². The maximum Gasteiger partial charge on any atom is 0.309 e. The fourth-order valence-electron chi connectivity index (χ4n) is 2.38. The number of unbranched alkanes of at least 4 members (excludes halogenated alkanes) is 4. The van der Waals surface area contributed by atoms with Crippen LogP contribution in [0, 0.1) is 11.3 Å². The van der Waals surface area contributed by atoms with Crippen molar-refractivity contribution in [1.29, 1.82) is 0 Å². The summed E-state index contributed by atoms with van der Waals surface area (Å²) in [5.41, 5.74) is -1.02. The van der Waals surface area contributed by atoms with E-state index in [1.165, 1.54) is 6.92 Å². The Bertz CT molecular complexity index is 365. The van der Waals surface area contributed by atoms with Crippen molar-refractivity contribution in [3.8, 4) is 0 Å². The van der Waals surface area contributed by atoms with Gasteiger partial charge in [0, 0.05) is 6.42 Å². The van der Waals surface area contributed by atoms with Crippen LogP contribution >= 0.6 is 0 Å². The smallest absolute Gasteiger partial charge is 0.309 e. The first-order chi connectivity index (χ1) is 9.69. The Balaban J connectivity index is 4.07. The predicted molar refractivity (Wildman–Crippen MR) is 77.1 cm³/mol. The number of carboxylic acids is 3. The molecule has 0 aromatic rings. The average Bonchev–Trinajstić information content (AvgIpc) is 2.36. The van der Waals surface area contributed by atoms with Crippen LogP contribution in [0.25, 0.3) is 0 Å². The number of hydrogen-bond acceptors (Lipinski definition) is 3. The van der Waals surface area contributed by atoms with Gasteiger partial charge in [-0.2, -0.15) is 0 Å². The van der Waals surface area contributed by atoms with Gasteiger partial charge < -0.3 is 15.3 Å². The van der Waals surface area contributed by atoms with Crippen molar-refractivity contribution < 1.29 is 29.7 Å². The highest BCUT2D eigenvalue weighted by molar-refractivity contribution is 5.76. The van der Waals surface area contributed by atoms with Crippen LogP contribution in [0.3, 0.4) is 0 Å². The Morgan fingerprint density at radius 2 is 1.48 bits per heavy atom. The molecule has 122 valence electrons. The van der Waals surface area contributed by atoms with Crippen LogP contribution in [0.2, 0.25) is 0 Å². The van der Waals surface area contributed by atoms with Gasteiger partial charge in [-0.25, -0.2) is 0 Å². The zero-order valence-corrected chi connectivity index (χ0v) is 12.8. The molecule has 0 saturated heterocycles. The van der Waals surface area contributed by atoms with E-state index in [-0.39, 0.29) is 12.8 Å². The molecule has 0 aromatic heterocycles. The number of aliphatic carboxylic acids is 3. The lowest BCUT2D eigenvalue weighted by molar-refractivity contribution is -0.151. The van der Waals surface area contributed by atoms with Crippen LogP contribution in [-0.2, 0) is 14.4 Å². The fraction of sp³-hybridized carbons (Fsp3) is 0.800. The molecule has 21 heavy (non-hydrogen) atoms. The molecule has 6 nitrogen and oxygen atoms in total. The van der Waals surface area contributed by atoms with Gasteiger partial charge in [0.1, 0.15) is 0 Å². The van der Waals surface area contributed by atoms with E-state index in [2.05, 4.69) is 0 Å². The van der Waals surface area contributed by atoms with Crippen LogP contribution in [0.5, 0.6) is 0 Å². The molecule has 0 amide bonds. The number of rotatable bonds is 12. The van der Waals surface area contributed by atoms with E-state index >= 15 is 0 Å². The molecule has 0 aliphatic heterocycles. The van der Waals surface area contributed by atoms with E-state index in [0.717, 1.165) is 19.3 Å². The summed E-state index contributed by atoms with van der Waals surface area (Å²) in [6.45, 7) is 3.12. The van der Waals surface area contributed by atoms with Crippen LogP contribution < -0.4 is 0 Å². The molecular formula is C15H26O6. The van der Waals surface area contributed by atoms with E-state index in [9.17, 15) is 19.5 Å². The van der Waals surface area contributed by atoms with Crippen molar-refractivity contribution in [2.24, 2.45) is 11.3 Å². The van der Waals surface area contributed by atoms with E-state index in [4.69, 9.17) is 10.2 Å². The van der Waals surface area contributed by atoms with Gasteiger partial charge in [0.25, 0.3) is 0 Å². The first-order valence-corrected chi connectivity index (χ1v) is 7.37. The van der Waals surface area contributed by atoms with Crippen LogP contribution in [0.4, 0.5) is 0 Å². The molecule has 0 heterocycles. The molecule has 0 aliphatic carbocycles. The Morgan fingerprint density at radius 3 is 1.95 bits per heavy atom. The second-order valence-electron chi connectivity index (χ2n) is 5.97. The third-order valence-corrected chi connectivity index (χ3v) is 3.81. The van der Waals surface area contributed by atoms with Gasteiger partial charge >= 0.3 is 17.9 Å². The molecule has 0 aliphatic rings. The van der Waals surface area contributed by atoms with E-state index < -0.39 is 29.2 Å². The quantitative estimate of drug-likeness (QED) is 0.478. The van der Waals surface area contributed by atoms with Gasteiger partial charge in [-0.05, 0) is 26.2 Å². The lowest BCUT2D eigenvalue weighted by Gasteiger charge is -2.26. The maximum absolute atomic E-state index is 11.4. The molecule has 0 radical (unpaired) electrons. The van der Waals surface area contributed by atoms with Gasteiger partial charge in [-0.3, -0.25) is 14.4 Å². The van der Waals surface area contributed by atoms with Crippen LogP contribution in [0.15, 0.2) is 0 Å². The van der Waals surface area contributed by atoms with Gasteiger partial charge in [-0.1, -0.05) is 32.6 Å². The van der Waals surface area contributed by atoms with E-state index in [1.54, 1.807) is 6.92 Å². The van der Waals surface area contributed by atoms with Crippen molar-refractivity contribution >= 4 is 17.9 Å². The molecule has 0 spiro atoms. The third kappa shape index (κ3) is 8.32. The van der Waals surface area contributed by atoms with Crippen molar-refractivity contribution in [2.75, 3.05) is 0 Å². The monoisotopic (exact) mass is 302 g/mol. The van der Waals surface area contributed by atoms with Crippen molar-refractivity contribution in [1.82, 2.24) is 0 Å². The predicted octanol–water partition coefficient (Wildman–Crippen LogP) is 3.00. The minimum atomic E-state index is -1.02. The molecule has 6 heteroatoms. The first kappa shape index (κ1) is 19.4. The van der Waals surface area contributed by atoms with Crippen LogP contribution in [0.1, 0.15) is 65.2 Å². The summed E-state index contributed by atoms with van der Waals surface area (Å²) in [6, 6.07) is 0. The summed E-state index contributed by atoms with van der Waals surface area (Å²) < 4.78 is 0. The number of hydrogen-bond donors (Lipinski definition) is 3. The summed E-state index contributed by atoms with van der Waals surface area (Å²) in [4.78, 5) is 32.6. The highest BCUT2D eigenvalue weighted by Crippen LogP contribution is 2.32. The highest BCUT2D eigenvalue weighted by Gasteiger charge is 2.35. The minimum Gasteiger partial charge on any atom is -0.481 e. The van der Waals surface area contributed by atoms with Crippen molar-refractivity contribution in [2.45, 2.75) is 65.2 Å². The van der Waals surface area contributed by atoms with Crippen molar-refractivity contribution in [3.05, 3.63) is 0 Å². The van der Waals surface area contributed by atoms with Gasteiger partial charge in [-0.15, -0.1) is 0 Å². The van der Waals surface area contributed by atoms with E-state index in [0.29, 0.717) is 19.3 Å². The third-order valence-electron chi connectivity index (χ3n) is 3.81. The second kappa shape index (κ2) is 9.37.